The average molecular weight is 326 g/mol. The number of sulfonamides is 1. The van der Waals surface area contributed by atoms with Gasteiger partial charge in [-0.05, 0) is 31.4 Å². The highest BCUT2D eigenvalue weighted by atomic mass is 32.2. The fourth-order valence-electron chi connectivity index (χ4n) is 2.48. The van der Waals surface area contributed by atoms with Gasteiger partial charge in [-0.1, -0.05) is 13.8 Å². The lowest BCUT2D eigenvalue weighted by Gasteiger charge is -2.24. The highest BCUT2D eigenvalue weighted by molar-refractivity contribution is 7.89. The lowest BCUT2D eigenvalue weighted by atomic mass is 10.2. The summed E-state index contributed by atoms with van der Waals surface area (Å²) in [5, 5.41) is 2.69. The largest absolute Gasteiger partial charge is 0.482 e. The molecule has 0 aromatic heterocycles. The molecule has 0 unspecified atom stereocenters. The number of ether oxygens (including phenoxy) is 1. The lowest BCUT2D eigenvalue weighted by Crippen LogP contribution is -2.33. The summed E-state index contributed by atoms with van der Waals surface area (Å²) in [6, 6.07) is 3.16. The predicted octanol–water partition coefficient (Wildman–Crippen LogP) is 2.14. The maximum absolute atomic E-state index is 12.9. The number of benzene rings is 1. The van der Waals surface area contributed by atoms with E-state index >= 15 is 0 Å². The Morgan fingerprint density at radius 2 is 1.86 bits per heavy atom. The van der Waals surface area contributed by atoms with Gasteiger partial charge in [-0.15, -0.1) is 0 Å². The quantitative estimate of drug-likeness (QED) is 0.869. The number of fused-ring (bicyclic) bond motifs is 1. The molecule has 1 aliphatic rings. The summed E-state index contributed by atoms with van der Waals surface area (Å²) in [6.45, 7) is 6.52. The maximum atomic E-state index is 12.9. The van der Waals surface area contributed by atoms with Gasteiger partial charge in [0, 0.05) is 19.2 Å². The first-order valence-corrected chi connectivity index (χ1v) is 8.91. The van der Waals surface area contributed by atoms with Gasteiger partial charge in [0.2, 0.25) is 10.0 Å². The van der Waals surface area contributed by atoms with Crippen LogP contribution in [0.15, 0.2) is 17.0 Å². The van der Waals surface area contributed by atoms with Crippen LogP contribution in [0.1, 0.15) is 32.3 Å². The molecule has 6 nitrogen and oxygen atoms in total. The third-order valence-corrected chi connectivity index (χ3v) is 5.51. The Kier molecular flexibility index (Phi) is 5.08. The molecule has 0 spiro atoms. The number of amides is 1. The van der Waals surface area contributed by atoms with Gasteiger partial charge < -0.3 is 10.1 Å². The van der Waals surface area contributed by atoms with Crippen LogP contribution >= 0.6 is 0 Å². The Morgan fingerprint density at radius 3 is 2.45 bits per heavy atom. The highest BCUT2D eigenvalue weighted by Gasteiger charge is 2.28. The second-order valence-corrected chi connectivity index (χ2v) is 7.26. The minimum atomic E-state index is -3.56. The van der Waals surface area contributed by atoms with Gasteiger partial charge in [-0.25, -0.2) is 8.42 Å². The zero-order chi connectivity index (χ0) is 16.3. The minimum Gasteiger partial charge on any atom is -0.482 e. The molecule has 0 aliphatic carbocycles. The number of rotatable bonds is 6. The Morgan fingerprint density at radius 1 is 1.23 bits per heavy atom. The molecule has 1 aromatic carbocycles. The van der Waals surface area contributed by atoms with Crippen molar-refractivity contribution in [1.29, 1.82) is 0 Å². The van der Waals surface area contributed by atoms with Crippen LogP contribution < -0.4 is 10.1 Å². The number of nitrogens with zero attached hydrogens (tertiary/aromatic N) is 1. The van der Waals surface area contributed by atoms with E-state index in [0.717, 1.165) is 12.8 Å². The summed E-state index contributed by atoms with van der Waals surface area (Å²) in [4.78, 5) is 11.6. The summed E-state index contributed by atoms with van der Waals surface area (Å²) in [5.74, 6) is 0.165. The first-order valence-electron chi connectivity index (χ1n) is 7.47. The Labute approximate surface area is 131 Å². The van der Waals surface area contributed by atoms with Crippen molar-refractivity contribution in [3.63, 3.8) is 0 Å². The Balaban J connectivity index is 2.44. The Hall–Kier alpha value is -1.60. The molecule has 1 N–H and O–H groups in total. The van der Waals surface area contributed by atoms with E-state index in [9.17, 15) is 13.2 Å². The molecule has 1 amide bonds. The van der Waals surface area contributed by atoms with E-state index in [0.29, 0.717) is 30.1 Å². The smallest absolute Gasteiger partial charge is 0.262 e. The third kappa shape index (κ3) is 3.25. The summed E-state index contributed by atoms with van der Waals surface area (Å²) >= 11 is 0. The summed E-state index contributed by atoms with van der Waals surface area (Å²) in [5.41, 5.74) is 1.12. The molecule has 0 radical (unpaired) electrons. The van der Waals surface area contributed by atoms with Crippen LogP contribution in [-0.4, -0.2) is 38.3 Å². The second kappa shape index (κ2) is 6.66. The van der Waals surface area contributed by atoms with Gasteiger partial charge in [-0.3, -0.25) is 4.79 Å². The SMILES string of the molecule is CCCN(CCC)S(=O)(=O)c1cc2c(cc1C)NC(=O)CO2. The maximum Gasteiger partial charge on any atom is 0.262 e. The molecular formula is C15H22N2O4S. The summed E-state index contributed by atoms with van der Waals surface area (Å²) < 4.78 is 32.6. The lowest BCUT2D eigenvalue weighted by molar-refractivity contribution is -0.118. The fraction of sp³-hybridized carbons (Fsp3) is 0.533. The van der Waals surface area contributed by atoms with E-state index in [-0.39, 0.29) is 17.4 Å². The molecule has 1 heterocycles. The molecular weight excluding hydrogens is 304 g/mol. The van der Waals surface area contributed by atoms with Crippen molar-refractivity contribution in [2.24, 2.45) is 0 Å². The van der Waals surface area contributed by atoms with Gasteiger partial charge in [-0.2, -0.15) is 4.31 Å². The summed E-state index contributed by atoms with van der Waals surface area (Å²) in [6.07, 6.45) is 1.52. The predicted molar refractivity (Wildman–Crippen MR) is 84.6 cm³/mol. The number of aryl methyl sites for hydroxylation is 1. The standard InChI is InChI=1S/C15H22N2O4S/c1-4-6-17(7-5-2)22(19,20)14-9-13-12(8-11(14)3)16-15(18)10-21-13/h8-9H,4-7,10H2,1-3H3,(H,16,18). The first kappa shape index (κ1) is 16.8. The number of carbonyl (C=O) groups excluding carboxylic acids is 1. The van der Waals surface area contributed by atoms with Gasteiger partial charge in [0.25, 0.3) is 5.91 Å². The summed E-state index contributed by atoms with van der Waals surface area (Å²) in [7, 11) is -3.56. The molecule has 2 rings (SSSR count). The molecule has 122 valence electrons. The van der Waals surface area contributed by atoms with E-state index in [1.807, 2.05) is 13.8 Å². The normalized spacial score (nSPS) is 14.5. The fourth-order valence-corrected chi connectivity index (χ4v) is 4.33. The molecule has 7 heteroatoms. The van der Waals surface area contributed by atoms with Crippen LogP contribution in [0.4, 0.5) is 5.69 Å². The minimum absolute atomic E-state index is 0.0941. The highest BCUT2D eigenvalue weighted by Crippen LogP contribution is 2.34. The number of nitrogens with one attached hydrogen (secondary N) is 1. The second-order valence-electron chi connectivity index (χ2n) is 5.35. The molecule has 0 atom stereocenters. The number of hydrogen-bond acceptors (Lipinski definition) is 4. The van der Waals surface area contributed by atoms with Gasteiger partial charge in [0.05, 0.1) is 10.6 Å². The monoisotopic (exact) mass is 326 g/mol. The van der Waals surface area contributed by atoms with Crippen molar-refractivity contribution in [1.82, 2.24) is 4.31 Å². The van der Waals surface area contributed by atoms with Crippen LogP contribution in [0, 0.1) is 6.92 Å². The van der Waals surface area contributed by atoms with E-state index in [4.69, 9.17) is 4.74 Å². The van der Waals surface area contributed by atoms with Crippen molar-refractivity contribution >= 4 is 21.6 Å². The van der Waals surface area contributed by atoms with Crippen LogP contribution in [0.3, 0.4) is 0 Å². The molecule has 1 aromatic rings. The molecule has 0 fully saturated rings. The zero-order valence-electron chi connectivity index (χ0n) is 13.2. The molecule has 22 heavy (non-hydrogen) atoms. The molecule has 1 aliphatic heterocycles. The van der Waals surface area contributed by atoms with Gasteiger partial charge in [0.1, 0.15) is 5.75 Å². The molecule has 0 bridgehead atoms. The van der Waals surface area contributed by atoms with Crippen molar-refractivity contribution in [3.05, 3.63) is 17.7 Å². The van der Waals surface area contributed by atoms with Gasteiger partial charge >= 0.3 is 0 Å². The van der Waals surface area contributed by atoms with E-state index in [2.05, 4.69) is 5.32 Å². The molecule has 0 saturated carbocycles. The Bertz CT molecular complexity index is 664. The topological polar surface area (TPSA) is 75.7 Å². The van der Waals surface area contributed by atoms with Crippen LogP contribution in [-0.2, 0) is 14.8 Å². The zero-order valence-corrected chi connectivity index (χ0v) is 14.0. The number of anilines is 1. The third-order valence-electron chi connectivity index (χ3n) is 3.47. The van der Waals surface area contributed by atoms with Crippen molar-refractivity contribution in [2.75, 3.05) is 25.0 Å². The molecule has 0 saturated heterocycles. The van der Waals surface area contributed by atoms with E-state index < -0.39 is 10.0 Å². The number of carbonyl (C=O) groups is 1. The van der Waals surface area contributed by atoms with Crippen LogP contribution in [0.5, 0.6) is 5.75 Å². The van der Waals surface area contributed by atoms with E-state index in [1.54, 1.807) is 13.0 Å². The van der Waals surface area contributed by atoms with Crippen molar-refractivity contribution < 1.29 is 17.9 Å². The van der Waals surface area contributed by atoms with Crippen LogP contribution in [0.2, 0.25) is 0 Å². The van der Waals surface area contributed by atoms with Crippen LogP contribution in [0.25, 0.3) is 0 Å². The van der Waals surface area contributed by atoms with Crippen molar-refractivity contribution in [2.45, 2.75) is 38.5 Å². The van der Waals surface area contributed by atoms with E-state index in [1.165, 1.54) is 10.4 Å². The first-order chi connectivity index (χ1) is 10.4. The number of hydrogen-bond donors (Lipinski definition) is 1. The van der Waals surface area contributed by atoms with Crippen molar-refractivity contribution in [3.8, 4) is 5.75 Å². The van der Waals surface area contributed by atoms with Gasteiger partial charge in [0.15, 0.2) is 6.61 Å². The average Bonchev–Trinajstić information content (AvgIpc) is 2.46.